The highest BCUT2D eigenvalue weighted by molar-refractivity contribution is 5.19. The van der Waals surface area contributed by atoms with Gasteiger partial charge in [0.15, 0.2) is 5.82 Å². The second-order valence-corrected chi connectivity index (χ2v) is 5.50. The lowest BCUT2D eigenvalue weighted by Crippen LogP contribution is -2.24. The molecule has 1 unspecified atom stereocenters. The smallest absolute Gasteiger partial charge is 0.228 e. The topological polar surface area (TPSA) is 64.9 Å². The van der Waals surface area contributed by atoms with Crippen molar-refractivity contribution in [2.75, 3.05) is 0 Å². The fraction of sp³-hybridized carbons (Fsp3) is 0.467. The second-order valence-electron chi connectivity index (χ2n) is 5.50. The number of aromatic nitrogens is 2. The molecule has 0 fully saturated rings. The van der Waals surface area contributed by atoms with Gasteiger partial charge in [-0.25, -0.2) is 4.39 Å². The zero-order chi connectivity index (χ0) is 14.5. The Kier molecular flexibility index (Phi) is 4.84. The highest BCUT2D eigenvalue weighted by Crippen LogP contribution is 2.11. The Balaban J connectivity index is 1.93. The van der Waals surface area contributed by atoms with Crippen LogP contribution in [-0.4, -0.2) is 16.2 Å². The summed E-state index contributed by atoms with van der Waals surface area (Å²) in [5.74, 6) is 1.47. The molecule has 2 N–H and O–H groups in total. The van der Waals surface area contributed by atoms with Gasteiger partial charge in [-0.15, -0.1) is 0 Å². The molecule has 2 aromatic rings. The third-order valence-corrected chi connectivity index (χ3v) is 3.00. The molecule has 5 heteroatoms. The van der Waals surface area contributed by atoms with E-state index in [1.54, 1.807) is 12.1 Å². The Hall–Kier alpha value is -1.75. The van der Waals surface area contributed by atoms with Gasteiger partial charge in [0.1, 0.15) is 5.82 Å². The normalized spacial score (nSPS) is 12.8. The van der Waals surface area contributed by atoms with Crippen LogP contribution in [0.3, 0.4) is 0 Å². The van der Waals surface area contributed by atoms with E-state index in [4.69, 9.17) is 10.3 Å². The van der Waals surface area contributed by atoms with Gasteiger partial charge in [0.25, 0.3) is 0 Å². The van der Waals surface area contributed by atoms with Crippen molar-refractivity contribution in [3.05, 3.63) is 47.4 Å². The first-order valence-electron chi connectivity index (χ1n) is 6.84. The third-order valence-electron chi connectivity index (χ3n) is 3.00. The van der Waals surface area contributed by atoms with E-state index in [-0.39, 0.29) is 11.9 Å². The Labute approximate surface area is 118 Å². The maximum Gasteiger partial charge on any atom is 0.228 e. The van der Waals surface area contributed by atoms with Crippen molar-refractivity contribution < 1.29 is 8.91 Å². The van der Waals surface area contributed by atoms with E-state index in [9.17, 15) is 4.39 Å². The van der Waals surface area contributed by atoms with Gasteiger partial charge in [-0.05, 0) is 30.0 Å². The van der Waals surface area contributed by atoms with Crippen molar-refractivity contribution in [1.29, 1.82) is 0 Å². The molecule has 0 saturated heterocycles. The molecule has 1 atom stereocenters. The molecular formula is C15H20FN3O. The van der Waals surface area contributed by atoms with Crippen LogP contribution in [0.5, 0.6) is 0 Å². The van der Waals surface area contributed by atoms with Gasteiger partial charge in [-0.2, -0.15) is 4.98 Å². The first-order valence-corrected chi connectivity index (χ1v) is 6.84. The zero-order valence-corrected chi connectivity index (χ0v) is 11.8. The average Bonchev–Trinajstić information content (AvgIpc) is 2.78. The highest BCUT2D eigenvalue weighted by Gasteiger charge is 2.12. The largest absolute Gasteiger partial charge is 0.339 e. The minimum atomic E-state index is -0.248. The lowest BCUT2D eigenvalue weighted by atomic mass is 10.0. The molecule has 4 nitrogen and oxygen atoms in total. The SMILES string of the molecule is CC(C)CC(N)Cc1nc(Cc2ccc(F)cc2)no1. The summed E-state index contributed by atoms with van der Waals surface area (Å²) in [4.78, 5) is 4.32. The van der Waals surface area contributed by atoms with Crippen LogP contribution >= 0.6 is 0 Å². The Morgan fingerprint density at radius 1 is 1.25 bits per heavy atom. The standard InChI is InChI=1S/C15H20FN3O/c1-10(2)7-13(17)9-15-18-14(19-20-15)8-11-3-5-12(16)6-4-11/h3-6,10,13H,7-9,17H2,1-2H3. The van der Waals surface area contributed by atoms with E-state index >= 15 is 0 Å². The number of rotatable bonds is 6. The minimum absolute atomic E-state index is 0.0362. The van der Waals surface area contributed by atoms with Crippen LogP contribution in [0.25, 0.3) is 0 Å². The van der Waals surface area contributed by atoms with Crippen molar-refractivity contribution in [3.8, 4) is 0 Å². The van der Waals surface area contributed by atoms with Gasteiger partial charge in [0.05, 0.1) is 0 Å². The van der Waals surface area contributed by atoms with Crippen LogP contribution in [0.15, 0.2) is 28.8 Å². The molecule has 0 aliphatic heterocycles. The molecule has 1 heterocycles. The predicted octanol–water partition coefficient (Wildman–Crippen LogP) is 2.72. The quantitative estimate of drug-likeness (QED) is 0.881. The van der Waals surface area contributed by atoms with E-state index in [2.05, 4.69) is 24.0 Å². The van der Waals surface area contributed by atoms with Crippen LogP contribution in [0, 0.1) is 11.7 Å². The fourth-order valence-electron chi connectivity index (χ4n) is 2.14. The van der Waals surface area contributed by atoms with Crippen molar-refractivity contribution in [2.24, 2.45) is 11.7 Å². The molecule has 1 aromatic heterocycles. The van der Waals surface area contributed by atoms with Gasteiger partial charge in [0, 0.05) is 18.9 Å². The number of benzene rings is 1. The summed E-state index contributed by atoms with van der Waals surface area (Å²) < 4.78 is 18.0. The number of hydrogen-bond donors (Lipinski definition) is 1. The lowest BCUT2D eigenvalue weighted by Gasteiger charge is -2.10. The molecule has 0 aliphatic carbocycles. The van der Waals surface area contributed by atoms with Crippen LogP contribution in [0.2, 0.25) is 0 Å². The van der Waals surface area contributed by atoms with Gasteiger partial charge < -0.3 is 10.3 Å². The highest BCUT2D eigenvalue weighted by atomic mass is 19.1. The second kappa shape index (κ2) is 6.61. The number of halogens is 1. The molecular weight excluding hydrogens is 257 g/mol. The third kappa shape index (κ3) is 4.42. The molecule has 2 rings (SSSR count). The van der Waals surface area contributed by atoms with Crippen LogP contribution in [0.4, 0.5) is 4.39 Å². The first kappa shape index (κ1) is 14.7. The van der Waals surface area contributed by atoms with E-state index in [0.717, 1.165) is 12.0 Å². The molecule has 0 saturated carbocycles. The van der Waals surface area contributed by atoms with Crippen molar-refractivity contribution in [1.82, 2.24) is 10.1 Å². The summed E-state index contributed by atoms with van der Waals surface area (Å²) in [6.07, 6.45) is 2.05. The summed E-state index contributed by atoms with van der Waals surface area (Å²) in [6.45, 7) is 4.27. The predicted molar refractivity (Wildman–Crippen MR) is 74.6 cm³/mol. The fourth-order valence-corrected chi connectivity index (χ4v) is 2.14. The summed E-state index contributed by atoms with van der Waals surface area (Å²) in [5.41, 5.74) is 6.96. The van der Waals surface area contributed by atoms with E-state index in [1.807, 2.05) is 0 Å². The Bertz CT molecular complexity index is 536. The minimum Gasteiger partial charge on any atom is -0.339 e. The van der Waals surface area contributed by atoms with Gasteiger partial charge in [0.2, 0.25) is 5.89 Å². The molecule has 0 amide bonds. The average molecular weight is 277 g/mol. The van der Waals surface area contributed by atoms with Crippen molar-refractivity contribution >= 4 is 0 Å². The lowest BCUT2D eigenvalue weighted by molar-refractivity contribution is 0.355. The van der Waals surface area contributed by atoms with Gasteiger partial charge >= 0.3 is 0 Å². The molecule has 0 spiro atoms. The summed E-state index contributed by atoms with van der Waals surface area (Å²) >= 11 is 0. The molecule has 0 radical (unpaired) electrons. The molecule has 1 aromatic carbocycles. The molecule has 0 bridgehead atoms. The summed E-state index contributed by atoms with van der Waals surface area (Å²) in [5, 5.41) is 3.93. The van der Waals surface area contributed by atoms with Gasteiger partial charge in [-0.1, -0.05) is 31.1 Å². The summed E-state index contributed by atoms with van der Waals surface area (Å²) in [6, 6.07) is 6.32. The van der Waals surface area contributed by atoms with Crippen molar-refractivity contribution in [3.63, 3.8) is 0 Å². The van der Waals surface area contributed by atoms with E-state index in [0.29, 0.717) is 30.5 Å². The monoisotopic (exact) mass is 277 g/mol. The van der Waals surface area contributed by atoms with Crippen LogP contribution in [0.1, 0.15) is 37.5 Å². The number of hydrogen-bond acceptors (Lipinski definition) is 4. The maximum absolute atomic E-state index is 12.8. The molecule has 108 valence electrons. The van der Waals surface area contributed by atoms with E-state index < -0.39 is 0 Å². The number of nitrogens with zero attached hydrogens (tertiary/aromatic N) is 2. The van der Waals surface area contributed by atoms with Crippen molar-refractivity contribution in [2.45, 2.75) is 39.2 Å². The zero-order valence-electron chi connectivity index (χ0n) is 11.8. The Morgan fingerprint density at radius 2 is 1.95 bits per heavy atom. The maximum atomic E-state index is 12.8. The van der Waals surface area contributed by atoms with Crippen LogP contribution < -0.4 is 5.73 Å². The first-order chi connectivity index (χ1) is 9.52. The number of nitrogens with two attached hydrogens (primary N) is 1. The molecule has 0 aliphatic rings. The summed E-state index contributed by atoms with van der Waals surface area (Å²) in [7, 11) is 0. The van der Waals surface area contributed by atoms with Crippen LogP contribution in [-0.2, 0) is 12.8 Å². The van der Waals surface area contributed by atoms with E-state index in [1.165, 1.54) is 12.1 Å². The Morgan fingerprint density at radius 3 is 2.60 bits per heavy atom. The molecule has 20 heavy (non-hydrogen) atoms. The van der Waals surface area contributed by atoms with Gasteiger partial charge in [-0.3, -0.25) is 0 Å².